The van der Waals surface area contributed by atoms with Crippen molar-refractivity contribution in [2.45, 2.75) is 24.7 Å². The normalized spacial score (nSPS) is 14.1. The molecule has 2 aromatic heterocycles. The molecule has 0 saturated heterocycles. The van der Waals surface area contributed by atoms with Crippen LogP contribution in [0.3, 0.4) is 0 Å². The third-order valence-corrected chi connectivity index (χ3v) is 13.6. The van der Waals surface area contributed by atoms with Gasteiger partial charge in [-0.25, -0.2) is 24.9 Å². The number of aromatic nitrogens is 5. The number of fused-ring (bicyclic) bond motifs is 12. The molecule has 0 bridgehead atoms. The standard InChI is InChI=1S/C59H39N5O/c1-58(2)42-29-13-12-26-39(42)51-52(36-20-6-3-7-21-36)60-56(61-53(51)58)40-27-18-32-45-49(40)50-41(57-63-54(37-22-8-4-9-23-37)62-55(64-57)38-24-10-5-11-25-38)28-19-33-46(50)59(45)43-30-14-16-34-47(43)65-48-35-17-15-31-44(48)59/h3-35H,1-2H3. The van der Waals surface area contributed by atoms with Gasteiger partial charge in [0.1, 0.15) is 11.5 Å². The number of rotatable bonds is 5. The summed E-state index contributed by atoms with van der Waals surface area (Å²) in [5.41, 5.74) is 15.4. The highest BCUT2D eigenvalue weighted by atomic mass is 16.5. The maximum atomic E-state index is 6.76. The summed E-state index contributed by atoms with van der Waals surface area (Å²) in [5.74, 6) is 4.09. The molecule has 10 aromatic rings. The molecule has 2 aliphatic carbocycles. The van der Waals surface area contributed by atoms with Crippen molar-refractivity contribution in [3.8, 4) is 90.6 Å². The fraction of sp³-hybridized carbons (Fsp3) is 0.0678. The van der Waals surface area contributed by atoms with Gasteiger partial charge >= 0.3 is 0 Å². The summed E-state index contributed by atoms with van der Waals surface area (Å²) in [6.07, 6.45) is 0. The number of hydrogen-bond donors (Lipinski definition) is 0. The molecule has 1 aliphatic heterocycles. The Labute approximate surface area is 377 Å². The number of nitrogens with zero attached hydrogens (tertiary/aromatic N) is 5. The second-order valence-electron chi connectivity index (χ2n) is 17.5. The van der Waals surface area contributed by atoms with E-state index in [1.165, 1.54) is 11.1 Å². The molecule has 1 spiro atoms. The molecule has 8 aromatic carbocycles. The van der Waals surface area contributed by atoms with Crippen LogP contribution in [0, 0.1) is 0 Å². The van der Waals surface area contributed by atoms with Gasteiger partial charge in [-0.3, -0.25) is 0 Å². The maximum absolute atomic E-state index is 6.76. The molecule has 0 fully saturated rings. The molecule has 3 aliphatic rings. The van der Waals surface area contributed by atoms with E-state index in [4.69, 9.17) is 29.7 Å². The van der Waals surface area contributed by atoms with Gasteiger partial charge in [-0.1, -0.05) is 202 Å². The minimum atomic E-state index is -0.770. The molecule has 0 atom stereocenters. The summed E-state index contributed by atoms with van der Waals surface area (Å²) in [7, 11) is 0. The van der Waals surface area contributed by atoms with E-state index in [-0.39, 0.29) is 5.41 Å². The van der Waals surface area contributed by atoms with Crippen LogP contribution in [0.15, 0.2) is 200 Å². The van der Waals surface area contributed by atoms with Crippen molar-refractivity contribution in [3.63, 3.8) is 0 Å². The molecule has 0 saturated carbocycles. The van der Waals surface area contributed by atoms with Crippen LogP contribution in [0.5, 0.6) is 11.5 Å². The molecule has 6 nitrogen and oxygen atoms in total. The summed E-state index contributed by atoms with van der Waals surface area (Å²) in [5, 5.41) is 0. The lowest BCUT2D eigenvalue weighted by Gasteiger charge is -2.39. The SMILES string of the molecule is CC1(C)c2ccccc2-c2c(-c3ccccc3)nc(-c3cccc4c3-c3c(-c5nc(-c6ccccc6)nc(-c6ccccc6)n5)cccc3C43c4ccccc4Oc4ccccc43)nc21. The van der Waals surface area contributed by atoms with Gasteiger partial charge in [-0.05, 0) is 45.5 Å². The Morgan fingerprint density at radius 1 is 0.323 bits per heavy atom. The number of hydrogen-bond acceptors (Lipinski definition) is 6. The third kappa shape index (κ3) is 5.37. The van der Waals surface area contributed by atoms with Crippen molar-refractivity contribution in [1.29, 1.82) is 0 Å². The highest BCUT2D eigenvalue weighted by Crippen LogP contribution is 2.65. The van der Waals surface area contributed by atoms with Crippen LogP contribution >= 0.6 is 0 Å². The molecule has 0 N–H and O–H groups in total. The van der Waals surface area contributed by atoms with Gasteiger partial charge in [-0.2, -0.15) is 0 Å². The predicted octanol–water partition coefficient (Wildman–Crippen LogP) is 13.8. The van der Waals surface area contributed by atoms with E-state index in [1.54, 1.807) is 0 Å². The van der Waals surface area contributed by atoms with Gasteiger partial charge in [0, 0.05) is 49.9 Å². The zero-order valence-corrected chi connectivity index (χ0v) is 35.7. The Morgan fingerprint density at radius 2 is 0.738 bits per heavy atom. The minimum Gasteiger partial charge on any atom is -0.457 e. The molecule has 0 radical (unpaired) electrons. The predicted molar refractivity (Wildman–Crippen MR) is 258 cm³/mol. The molecule has 65 heavy (non-hydrogen) atoms. The Hall–Kier alpha value is -8.35. The number of para-hydroxylation sites is 2. The van der Waals surface area contributed by atoms with Crippen molar-refractivity contribution in [3.05, 3.63) is 234 Å². The monoisotopic (exact) mass is 833 g/mol. The summed E-state index contributed by atoms with van der Waals surface area (Å²) in [6, 6.07) is 69.7. The Bertz CT molecular complexity index is 3450. The van der Waals surface area contributed by atoms with Crippen LogP contribution in [-0.4, -0.2) is 24.9 Å². The third-order valence-electron chi connectivity index (χ3n) is 13.6. The molecular weight excluding hydrogens is 795 g/mol. The van der Waals surface area contributed by atoms with Crippen LogP contribution in [-0.2, 0) is 10.8 Å². The first-order chi connectivity index (χ1) is 32.0. The van der Waals surface area contributed by atoms with Gasteiger partial charge in [0.15, 0.2) is 23.3 Å². The van der Waals surface area contributed by atoms with Gasteiger partial charge in [0.25, 0.3) is 0 Å². The maximum Gasteiger partial charge on any atom is 0.164 e. The van der Waals surface area contributed by atoms with Crippen LogP contribution in [0.1, 0.15) is 47.4 Å². The lowest BCUT2D eigenvalue weighted by atomic mass is 9.66. The first kappa shape index (κ1) is 37.2. The van der Waals surface area contributed by atoms with Crippen LogP contribution in [0.4, 0.5) is 0 Å². The average molecular weight is 834 g/mol. The molecule has 306 valence electrons. The van der Waals surface area contributed by atoms with Crippen molar-refractivity contribution in [2.75, 3.05) is 0 Å². The van der Waals surface area contributed by atoms with E-state index in [1.807, 2.05) is 48.5 Å². The van der Waals surface area contributed by atoms with E-state index >= 15 is 0 Å². The first-order valence-corrected chi connectivity index (χ1v) is 22.1. The summed E-state index contributed by atoms with van der Waals surface area (Å²) < 4.78 is 6.76. The second kappa shape index (κ2) is 14.1. The van der Waals surface area contributed by atoms with E-state index < -0.39 is 5.41 Å². The molecule has 0 unspecified atom stereocenters. The quantitative estimate of drug-likeness (QED) is 0.172. The lowest BCUT2D eigenvalue weighted by molar-refractivity contribution is 0.436. The number of benzene rings is 8. The molecule has 6 heteroatoms. The van der Waals surface area contributed by atoms with Gasteiger partial charge in [-0.15, -0.1) is 0 Å². The molecule has 13 rings (SSSR count). The van der Waals surface area contributed by atoms with Gasteiger partial charge in [0.05, 0.1) is 16.8 Å². The van der Waals surface area contributed by atoms with Gasteiger partial charge in [0.2, 0.25) is 0 Å². The van der Waals surface area contributed by atoms with Crippen LogP contribution < -0.4 is 4.74 Å². The largest absolute Gasteiger partial charge is 0.457 e. The molecule has 0 amide bonds. The summed E-state index contributed by atoms with van der Waals surface area (Å²) >= 11 is 0. The molecular formula is C59H39N5O. The van der Waals surface area contributed by atoms with Crippen LogP contribution in [0.25, 0.3) is 79.1 Å². The highest BCUT2D eigenvalue weighted by molar-refractivity contribution is 6.02. The van der Waals surface area contributed by atoms with Crippen molar-refractivity contribution in [1.82, 2.24) is 24.9 Å². The average Bonchev–Trinajstić information content (AvgIpc) is 3.80. The lowest BCUT2D eigenvalue weighted by Crippen LogP contribution is -2.32. The minimum absolute atomic E-state index is 0.374. The zero-order chi connectivity index (χ0) is 43.3. The summed E-state index contributed by atoms with van der Waals surface area (Å²) in [4.78, 5) is 27.1. The molecule has 3 heterocycles. The van der Waals surface area contributed by atoms with Gasteiger partial charge < -0.3 is 4.74 Å². The zero-order valence-electron chi connectivity index (χ0n) is 35.7. The Morgan fingerprint density at radius 3 is 1.29 bits per heavy atom. The topological polar surface area (TPSA) is 73.7 Å². The van der Waals surface area contributed by atoms with E-state index in [0.29, 0.717) is 23.3 Å². The van der Waals surface area contributed by atoms with Crippen LogP contribution in [0.2, 0.25) is 0 Å². The fourth-order valence-electron chi connectivity index (χ4n) is 10.8. The van der Waals surface area contributed by atoms with Crippen molar-refractivity contribution in [2.24, 2.45) is 0 Å². The highest BCUT2D eigenvalue weighted by Gasteiger charge is 2.53. The number of ether oxygens (including phenoxy) is 1. The first-order valence-electron chi connectivity index (χ1n) is 22.1. The summed E-state index contributed by atoms with van der Waals surface area (Å²) in [6.45, 7) is 4.57. The van der Waals surface area contributed by atoms with Crippen molar-refractivity contribution < 1.29 is 4.74 Å². The smallest absolute Gasteiger partial charge is 0.164 e. The Kier molecular flexibility index (Phi) is 8.06. The fourth-order valence-corrected chi connectivity index (χ4v) is 10.8. The van der Waals surface area contributed by atoms with Crippen molar-refractivity contribution >= 4 is 0 Å². The van der Waals surface area contributed by atoms with E-state index in [9.17, 15) is 0 Å². The van der Waals surface area contributed by atoms with E-state index in [0.717, 1.165) is 89.6 Å². The Balaban J connectivity index is 1.16. The second-order valence-corrected chi connectivity index (χ2v) is 17.5. The van der Waals surface area contributed by atoms with E-state index in [2.05, 4.69) is 166 Å².